The van der Waals surface area contributed by atoms with Gasteiger partial charge in [0.25, 0.3) is 5.91 Å². The number of hydrogen-bond acceptors (Lipinski definition) is 4. The molecule has 4 rings (SSSR count). The molecule has 3 aromatic rings. The van der Waals surface area contributed by atoms with Crippen LogP contribution < -0.4 is 0 Å². The number of benzene rings is 1. The quantitative estimate of drug-likeness (QED) is 0.611. The molecule has 0 radical (unpaired) electrons. The average molecular weight is 423 g/mol. The molecule has 7 heteroatoms. The van der Waals surface area contributed by atoms with Gasteiger partial charge in [0.15, 0.2) is 0 Å². The summed E-state index contributed by atoms with van der Waals surface area (Å²) in [5.74, 6) is 0.200. The third-order valence-electron chi connectivity index (χ3n) is 5.53. The van der Waals surface area contributed by atoms with E-state index < -0.39 is 0 Å². The van der Waals surface area contributed by atoms with E-state index in [1.165, 1.54) is 16.9 Å². The fourth-order valence-electron chi connectivity index (χ4n) is 3.89. The van der Waals surface area contributed by atoms with Gasteiger partial charge in [-0.2, -0.15) is 5.10 Å². The summed E-state index contributed by atoms with van der Waals surface area (Å²) in [4.78, 5) is 29.8. The summed E-state index contributed by atoms with van der Waals surface area (Å²) in [5.41, 5.74) is 2.22. The Balaban J connectivity index is 1.28. The Kier molecular flexibility index (Phi) is 6.28. The van der Waals surface area contributed by atoms with Crippen LogP contribution in [0.15, 0.2) is 60.2 Å². The van der Waals surface area contributed by atoms with Crippen molar-refractivity contribution < 1.29 is 9.59 Å². The normalized spacial score (nSPS) is 14.6. The Morgan fingerprint density at radius 3 is 2.57 bits per heavy atom. The largest absolute Gasteiger partial charge is 0.341 e. The molecule has 1 aliphatic heterocycles. The van der Waals surface area contributed by atoms with E-state index in [-0.39, 0.29) is 17.7 Å². The van der Waals surface area contributed by atoms with E-state index in [0.29, 0.717) is 32.5 Å². The molecule has 0 spiro atoms. The third kappa shape index (κ3) is 4.79. The topological polar surface area (TPSA) is 58.4 Å². The van der Waals surface area contributed by atoms with Crippen molar-refractivity contribution in [2.24, 2.45) is 5.92 Å². The molecule has 0 aliphatic carbocycles. The van der Waals surface area contributed by atoms with Crippen molar-refractivity contribution in [2.45, 2.75) is 25.9 Å². The van der Waals surface area contributed by atoms with Crippen molar-refractivity contribution in [1.29, 1.82) is 0 Å². The number of thiophene rings is 1. The molecule has 30 heavy (non-hydrogen) atoms. The summed E-state index contributed by atoms with van der Waals surface area (Å²) in [5, 5.41) is 6.34. The van der Waals surface area contributed by atoms with Crippen LogP contribution in [-0.4, -0.2) is 51.5 Å². The first kappa shape index (κ1) is 20.3. The van der Waals surface area contributed by atoms with Crippen LogP contribution in [0.25, 0.3) is 0 Å². The number of nitrogens with zero attached hydrogens (tertiary/aromatic N) is 4. The lowest BCUT2D eigenvalue weighted by molar-refractivity contribution is -0.136. The zero-order chi connectivity index (χ0) is 20.9. The number of carbonyl (C=O) groups is 2. The van der Waals surface area contributed by atoms with Crippen LogP contribution in [0.5, 0.6) is 0 Å². The Hall–Kier alpha value is -2.93. The molecule has 3 heterocycles. The zero-order valence-corrected chi connectivity index (χ0v) is 17.9. The molecule has 0 saturated carbocycles. The van der Waals surface area contributed by atoms with Gasteiger partial charge in [-0.25, -0.2) is 0 Å². The monoisotopic (exact) mass is 422 g/mol. The maximum atomic E-state index is 12.9. The number of carbonyl (C=O) groups excluding carboxylic acids is 2. The summed E-state index contributed by atoms with van der Waals surface area (Å²) in [7, 11) is 1.85. The predicted octanol–water partition coefficient (Wildman–Crippen LogP) is 3.50. The van der Waals surface area contributed by atoms with E-state index >= 15 is 0 Å². The van der Waals surface area contributed by atoms with Crippen molar-refractivity contribution in [2.75, 3.05) is 20.1 Å². The van der Waals surface area contributed by atoms with Gasteiger partial charge < -0.3 is 9.80 Å². The van der Waals surface area contributed by atoms with Crippen LogP contribution in [0.1, 0.15) is 33.6 Å². The first-order chi connectivity index (χ1) is 14.6. The maximum absolute atomic E-state index is 12.9. The van der Waals surface area contributed by atoms with Gasteiger partial charge in [0.2, 0.25) is 5.91 Å². The van der Waals surface area contributed by atoms with Crippen LogP contribution in [-0.2, 0) is 17.9 Å². The second-order valence-corrected chi connectivity index (χ2v) is 8.72. The van der Waals surface area contributed by atoms with Crippen molar-refractivity contribution in [1.82, 2.24) is 19.6 Å². The van der Waals surface area contributed by atoms with Gasteiger partial charge >= 0.3 is 0 Å². The van der Waals surface area contributed by atoms with Crippen molar-refractivity contribution in [3.05, 3.63) is 76.2 Å². The first-order valence-corrected chi connectivity index (χ1v) is 11.1. The lowest BCUT2D eigenvalue weighted by atomic mass is 9.95. The lowest BCUT2D eigenvalue weighted by Gasteiger charge is -2.33. The molecule has 1 aromatic carbocycles. The lowest BCUT2D eigenvalue weighted by Crippen LogP contribution is -2.43. The molecular weight excluding hydrogens is 396 g/mol. The van der Waals surface area contributed by atoms with E-state index in [2.05, 4.69) is 17.2 Å². The van der Waals surface area contributed by atoms with Crippen molar-refractivity contribution >= 4 is 23.2 Å². The molecule has 156 valence electrons. The van der Waals surface area contributed by atoms with Gasteiger partial charge in [-0.05, 0) is 29.9 Å². The Morgan fingerprint density at radius 2 is 1.87 bits per heavy atom. The molecule has 1 aliphatic rings. The summed E-state index contributed by atoms with van der Waals surface area (Å²) < 4.78 is 1.90. The van der Waals surface area contributed by atoms with E-state index in [9.17, 15) is 9.59 Å². The van der Waals surface area contributed by atoms with E-state index in [1.807, 2.05) is 64.7 Å². The SMILES string of the molecule is CN(Cc1cnn(Cc2ccccc2)c1)C(=O)C1CCN(C(=O)c2cccs2)CC1. The minimum Gasteiger partial charge on any atom is -0.341 e. The highest BCUT2D eigenvalue weighted by atomic mass is 32.1. The van der Waals surface area contributed by atoms with E-state index in [0.717, 1.165) is 17.0 Å². The molecule has 1 saturated heterocycles. The van der Waals surface area contributed by atoms with Gasteiger partial charge in [-0.1, -0.05) is 36.4 Å². The summed E-state index contributed by atoms with van der Waals surface area (Å²) in [6.45, 7) is 2.53. The van der Waals surface area contributed by atoms with Crippen molar-refractivity contribution in [3.8, 4) is 0 Å². The molecule has 1 fully saturated rings. The van der Waals surface area contributed by atoms with Gasteiger partial charge in [0.1, 0.15) is 0 Å². The number of likely N-dealkylation sites (tertiary alicyclic amines) is 1. The van der Waals surface area contributed by atoms with Gasteiger partial charge in [0.05, 0.1) is 17.6 Å². The fourth-order valence-corrected chi connectivity index (χ4v) is 4.58. The highest BCUT2D eigenvalue weighted by Crippen LogP contribution is 2.22. The number of piperidine rings is 1. The van der Waals surface area contributed by atoms with Crippen LogP contribution in [0.4, 0.5) is 0 Å². The second kappa shape index (κ2) is 9.26. The van der Waals surface area contributed by atoms with Crippen molar-refractivity contribution in [3.63, 3.8) is 0 Å². The second-order valence-electron chi connectivity index (χ2n) is 7.77. The van der Waals surface area contributed by atoms with Gasteiger partial charge in [-0.3, -0.25) is 14.3 Å². The minimum absolute atomic E-state index is 0.0262. The minimum atomic E-state index is -0.0262. The van der Waals surface area contributed by atoms with Crippen LogP contribution in [0.3, 0.4) is 0 Å². The molecular formula is C23H26N4O2S. The summed E-state index contributed by atoms with van der Waals surface area (Å²) in [6, 6.07) is 13.9. The smallest absolute Gasteiger partial charge is 0.263 e. The molecule has 0 N–H and O–H groups in total. The third-order valence-corrected chi connectivity index (χ3v) is 6.39. The van der Waals surface area contributed by atoms with Gasteiger partial charge in [0, 0.05) is 44.4 Å². The molecule has 2 aromatic heterocycles. The molecule has 0 unspecified atom stereocenters. The first-order valence-electron chi connectivity index (χ1n) is 10.2. The van der Waals surface area contributed by atoms with E-state index in [1.54, 1.807) is 4.90 Å². The van der Waals surface area contributed by atoms with Crippen LogP contribution in [0, 0.1) is 5.92 Å². The predicted molar refractivity (Wildman–Crippen MR) is 117 cm³/mol. The highest BCUT2D eigenvalue weighted by Gasteiger charge is 2.29. The maximum Gasteiger partial charge on any atom is 0.263 e. The molecule has 2 amide bonds. The van der Waals surface area contributed by atoms with Crippen LogP contribution in [0.2, 0.25) is 0 Å². The molecule has 0 atom stereocenters. The highest BCUT2D eigenvalue weighted by molar-refractivity contribution is 7.12. The summed E-state index contributed by atoms with van der Waals surface area (Å²) >= 11 is 1.47. The van der Waals surface area contributed by atoms with Gasteiger partial charge in [-0.15, -0.1) is 11.3 Å². The summed E-state index contributed by atoms with van der Waals surface area (Å²) in [6.07, 6.45) is 5.26. The van der Waals surface area contributed by atoms with E-state index in [4.69, 9.17) is 0 Å². The number of hydrogen-bond donors (Lipinski definition) is 0. The Labute approximate surface area is 180 Å². The van der Waals surface area contributed by atoms with Crippen LogP contribution >= 0.6 is 11.3 Å². The Morgan fingerprint density at radius 1 is 1.10 bits per heavy atom. The number of amides is 2. The number of rotatable bonds is 6. The fraction of sp³-hybridized carbons (Fsp3) is 0.348. The number of aromatic nitrogens is 2. The molecule has 6 nitrogen and oxygen atoms in total. The zero-order valence-electron chi connectivity index (χ0n) is 17.1. The molecule has 0 bridgehead atoms. The Bertz CT molecular complexity index is 976. The average Bonchev–Trinajstić information content (AvgIpc) is 3.46. The standard InChI is InChI=1S/C23H26N4O2S/c1-25(15-19-14-24-27(17-19)16-18-6-3-2-4-7-18)22(28)20-9-11-26(12-10-20)23(29)21-8-5-13-30-21/h2-8,13-14,17,20H,9-12,15-16H2,1H3.